The van der Waals surface area contributed by atoms with E-state index in [-0.39, 0.29) is 11.0 Å². The van der Waals surface area contributed by atoms with Crippen molar-refractivity contribution in [1.82, 2.24) is 10.3 Å². The molecule has 0 atom stereocenters. The van der Waals surface area contributed by atoms with Gasteiger partial charge in [-0.15, -0.1) is 0 Å². The highest BCUT2D eigenvalue weighted by Gasteiger charge is 2.24. The molecule has 0 aliphatic rings. The Hall–Kier alpha value is -0.800. The van der Waals surface area contributed by atoms with Gasteiger partial charge in [0.05, 0.1) is 0 Å². The van der Waals surface area contributed by atoms with Gasteiger partial charge in [0.25, 0.3) is 0 Å². The van der Waals surface area contributed by atoms with Crippen LogP contribution in [-0.2, 0) is 5.41 Å². The van der Waals surface area contributed by atoms with Gasteiger partial charge in [0.2, 0.25) is 0 Å². The normalized spacial score (nSPS) is 13.1. The standard InChI is InChI=1S/C12H23N3/c1-11(2,10-6-5-7-14-10)9-15-12(3,4)8-13/h5-7,14-15H,8-9,13H2,1-4H3. The third-order valence-corrected chi connectivity index (χ3v) is 2.85. The summed E-state index contributed by atoms with van der Waals surface area (Å²) in [4.78, 5) is 3.26. The van der Waals surface area contributed by atoms with Gasteiger partial charge in [-0.3, -0.25) is 0 Å². The topological polar surface area (TPSA) is 53.8 Å². The molecule has 86 valence electrons. The maximum Gasteiger partial charge on any atom is 0.0247 e. The van der Waals surface area contributed by atoms with Gasteiger partial charge in [0.1, 0.15) is 0 Å². The Kier molecular flexibility index (Phi) is 3.58. The second-order valence-corrected chi connectivity index (χ2v) is 5.41. The molecular formula is C12H23N3. The van der Waals surface area contributed by atoms with Crippen LogP contribution < -0.4 is 11.1 Å². The van der Waals surface area contributed by atoms with E-state index in [0.29, 0.717) is 6.54 Å². The van der Waals surface area contributed by atoms with Crippen molar-refractivity contribution in [3.63, 3.8) is 0 Å². The van der Waals surface area contributed by atoms with E-state index in [1.165, 1.54) is 5.69 Å². The molecule has 0 fully saturated rings. The zero-order valence-electron chi connectivity index (χ0n) is 10.2. The molecule has 0 saturated heterocycles. The van der Waals surface area contributed by atoms with Crippen LogP contribution in [0.15, 0.2) is 18.3 Å². The molecule has 1 aromatic heterocycles. The monoisotopic (exact) mass is 209 g/mol. The van der Waals surface area contributed by atoms with E-state index < -0.39 is 0 Å². The second-order valence-electron chi connectivity index (χ2n) is 5.41. The average Bonchev–Trinajstić information content (AvgIpc) is 2.69. The largest absolute Gasteiger partial charge is 0.365 e. The lowest BCUT2D eigenvalue weighted by Gasteiger charge is -2.31. The Morgan fingerprint density at radius 2 is 2.00 bits per heavy atom. The molecule has 0 spiro atoms. The van der Waals surface area contributed by atoms with Crippen LogP contribution in [0.5, 0.6) is 0 Å². The fourth-order valence-corrected chi connectivity index (χ4v) is 1.38. The predicted octanol–water partition coefficient (Wildman–Crippen LogP) is 1.62. The van der Waals surface area contributed by atoms with E-state index in [1.807, 2.05) is 12.3 Å². The summed E-state index contributed by atoms with van der Waals surface area (Å²) in [5.74, 6) is 0. The molecule has 15 heavy (non-hydrogen) atoms. The first kappa shape index (κ1) is 12.3. The van der Waals surface area contributed by atoms with Crippen molar-refractivity contribution in [2.24, 2.45) is 5.73 Å². The van der Waals surface area contributed by atoms with Gasteiger partial charge < -0.3 is 16.0 Å². The van der Waals surface area contributed by atoms with Crippen LogP contribution in [0.25, 0.3) is 0 Å². The molecule has 3 heteroatoms. The molecular weight excluding hydrogens is 186 g/mol. The molecule has 1 aromatic rings. The van der Waals surface area contributed by atoms with Crippen molar-refractivity contribution in [1.29, 1.82) is 0 Å². The Morgan fingerprint density at radius 3 is 2.47 bits per heavy atom. The number of nitrogens with two attached hydrogens (primary N) is 1. The maximum atomic E-state index is 5.68. The smallest absolute Gasteiger partial charge is 0.0247 e. The molecule has 1 heterocycles. The molecule has 0 aliphatic heterocycles. The van der Waals surface area contributed by atoms with Crippen LogP contribution in [-0.4, -0.2) is 23.6 Å². The predicted molar refractivity (Wildman–Crippen MR) is 65.0 cm³/mol. The Bertz CT molecular complexity index is 286. The molecule has 0 unspecified atom stereocenters. The fraction of sp³-hybridized carbons (Fsp3) is 0.667. The van der Waals surface area contributed by atoms with Crippen LogP contribution in [0.1, 0.15) is 33.4 Å². The minimum atomic E-state index is 0.00383. The zero-order chi connectivity index (χ0) is 11.5. The lowest BCUT2D eigenvalue weighted by molar-refractivity contribution is 0.344. The quantitative estimate of drug-likeness (QED) is 0.690. The SMILES string of the molecule is CC(C)(CN)NCC(C)(C)c1ccc[nH]1. The van der Waals surface area contributed by atoms with Gasteiger partial charge in [-0.1, -0.05) is 13.8 Å². The first-order valence-corrected chi connectivity index (χ1v) is 5.46. The third kappa shape index (κ3) is 3.36. The molecule has 1 rings (SSSR count). The third-order valence-electron chi connectivity index (χ3n) is 2.85. The highest BCUT2D eigenvalue weighted by atomic mass is 15.0. The van der Waals surface area contributed by atoms with Gasteiger partial charge in [0, 0.05) is 35.9 Å². The van der Waals surface area contributed by atoms with Crippen LogP contribution >= 0.6 is 0 Å². The van der Waals surface area contributed by atoms with E-state index in [2.05, 4.69) is 44.1 Å². The molecule has 3 nitrogen and oxygen atoms in total. The van der Waals surface area contributed by atoms with Gasteiger partial charge in [-0.05, 0) is 26.0 Å². The molecule has 4 N–H and O–H groups in total. The number of H-pyrrole nitrogens is 1. The number of hydrogen-bond donors (Lipinski definition) is 3. The minimum absolute atomic E-state index is 0.00383. The lowest BCUT2D eigenvalue weighted by atomic mass is 9.88. The van der Waals surface area contributed by atoms with Gasteiger partial charge in [-0.25, -0.2) is 0 Å². The first-order chi connectivity index (χ1) is 6.87. The maximum absolute atomic E-state index is 5.68. The summed E-state index contributed by atoms with van der Waals surface area (Å²) in [5, 5.41) is 3.49. The minimum Gasteiger partial charge on any atom is -0.365 e. The molecule has 0 aliphatic carbocycles. The molecule has 0 amide bonds. The van der Waals surface area contributed by atoms with Crippen molar-refractivity contribution in [3.8, 4) is 0 Å². The van der Waals surface area contributed by atoms with Crippen LogP contribution in [0.3, 0.4) is 0 Å². The van der Waals surface area contributed by atoms with Gasteiger partial charge in [0.15, 0.2) is 0 Å². The Labute approximate surface area is 92.4 Å². The van der Waals surface area contributed by atoms with E-state index >= 15 is 0 Å². The number of aromatic amines is 1. The van der Waals surface area contributed by atoms with Gasteiger partial charge >= 0.3 is 0 Å². The van der Waals surface area contributed by atoms with Crippen molar-refractivity contribution in [2.45, 2.75) is 38.6 Å². The average molecular weight is 209 g/mol. The number of rotatable bonds is 5. The lowest BCUT2D eigenvalue weighted by Crippen LogP contribution is -2.50. The van der Waals surface area contributed by atoms with Gasteiger partial charge in [-0.2, -0.15) is 0 Å². The number of nitrogens with one attached hydrogen (secondary N) is 2. The summed E-state index contributed by atoms with van der Waals surface area (Å²) < 4.78 is 0. The highest BCUT2D eigenvalue weighted by Crippen LogP contribution is 2.20. The summed E-state index contributed by atoms with van der Waals surface area (Å²) in [6, 6.07) is 4.16. The Balaban J connectivity index is 2.58. The van der Waals surface area contributed by atoms with E-state index in [4.69, 9.17) is 5.73 Å². The zero-order valence-corrected chi connectivity index (χ0v) is 10.2. The summed E-state index contributed by atoms with van der Waals surface area (Å²) in [7, 11) is 0. The first-order valence-electron chi connectivity index (χ1n) is 5.46. The van der Waals surface area contributed by atoms with Crippen molar-refractivity contribution in [3.05, 3.63) is 24.0 Å². The summed E-state index contributed by atoms with van der Waals surface area (Å²) >= 11 is 0. The molecule has 0 bridgehead atoms. The molecule has 0 radical (unpaired) electrons. The van der Waals surface area contributed by atoms with Crippen LogP contribution in [0.4, 0.5) is 0 Å². The van der Waals surface area contributed by atoms with E-state index in [0.717, 1.165) is 6.54 Å². The molecule has 0 saturated carbocycles. The number of aromatic nitrogens is 1. The molecule has 0 aromatic carbocycles. The fourth-order valence-electron chi connectivity index (χ4n) is 1.38. The number of hydrogen-bond acceptors (Lipinski definition) is 2. The summed E-state index contributed by atoms with van der Waals surface area (Å²) in [6.07, 6.45) is 1.96. The van der Waals surface area contributed by atoms with Crippen molar-refractivity contribution < 1.29 is 0 Å². The Morgan fingerprint density at radius 1 is 1.33 bits per heavy atom. The second kappa shape index (κ2) is 4.37. The van der Waals surface area contributed by atoms with Crippen LogP contribution in [0.2, 0.25) is 0 Å². The van der Waals surface area contributed by atoms with E-state index in [1.54, 1.807) is 0 Å². The van der Waals surface area contributed by atoms with Crippen molar-refractivity contribution >= 4 is 0 Å². The van der Waals surface area contributed by atoms with E-state index in [9.17, 15) is 0 Å². The van der Waals surface area contributed by atoms with Crippen molar-refractivity contribution in [2.75, 3.05) is 13.1 Å². The van der Waals surface area contributed by atoms with Crippen LogP contribution in [0, 0.1) is 0 Å². The summed E-state index contributed by atoms with van der Waals surface area (Å²) in [6.45, 7) is 10.2. The highest BCUT2D eigenvalue weighted by molar-refractivity contribution is 5.15. The summed E-state index contributed by atoms with van der Waals surface area (Å²) in [5.41, 5.74) is 7.05.